The normalized spacial score (nSPS) is 20.6. The van der Waals surface area contributed by atoms with E-state index >= 15 is 0 Å². The van der Waals surface area contributed by atoms with Crippen molar-refractivity contribution in [2.45, 2.75) is 237 Å². The van der Waals surface area contributed by atoms with Gasteiger partial charge < -0.3 is 34.3 Å². The molecule has 12 nitrogen and oxygen atoms in total. The van der Waals surface area contributed by atoms with Crippen molar-refractivity contribution in [3.05, 3.63) is 12.2 Å². The van der Waals surface area contributed by atoms with E-state index in [0.29, 0.717) is 12.8 Å². The van der Waals surface area contributed by atoms with Crippen molar-refractivity contribution >= 4 is 22.1 Å². The molecular formula is C44H82O12S. The molecule has 2 unspecified atom stereocenters. The fourth-order valence-electron chi connectivity index (χ4n) is 7.02. The molecule has 0 spiro atoms. The topological polar surface area (TPSA) is 186 Å². The number of carbonyl (C=O) groups is 2. The highest BCUT2D eigenvalue weighted by atomic mass is 32.2. The van der Waals surface area contributed by atoms with Gasteiger partial charge in [0.15, 0.2) is 12.4 Å². The quantitative estimate of drug-likeness (QED) is 0.0200. The Morgan fingerprint density at radius 1 is 0.579 bits per heavy atom. The number of hydrogen-bond donors (Lipinski definition) is 4. The molecule has 1 aliphatic rings. The van der Waals surface area contributed by atoms with Crippen LogP contribution in [-0.4, -0.2) is 96.0 Å². The molecule has 1 fully saturated rings. The maximum Gasteiger partial charge on any atom is 0.306 e. The first kappa shape index (κ1) is 53.4. The van der Waals surface area contributed by atoms with E-state index in [2.05, 4.69) is 26.0 Å². The summed E-state index contributed by atoms with van der Waals surface area (Å²) in [7, 11) is -4.60. The van der Waals surface area contributed by atoms with Gasteiger partial charge in [-0.2, -0.15) is 8.42 Å². The van der Waals surface area contributed by atoms with Gasteiger partial charge in [0.1, 0.15) is 36.8 Å². The zero-order chi connectivity index (χ0) is 42.0. The van der Waals surface area contributed by atoms with Gasteiger partial charge in [0.25, 0.3) is 10.1 Å². The van der Waals surface area contributed by atoms with Crippen LogP contribution >= 0.6 is 0 Å². The van der Waals surface area contributed by atoms with Gasteiger partial charge in [0.2, 0.25) is 0 Å². The Hall–Kier alpha value is -1.61. The molecule has 1 rings (SSSR count). The molecule has 57 heavy (non-hydrogen) atoms. The summed E-state index contributed by atoms with van der Waals surface area (Å²) in [5, 5.41) is 30.8. The van der Waals surface area contributed by atoms with Gasteiger partial charge in [-0.05, 0) is 38.5 Å². The lowest BCUT2D eigenvalue weighted by atomic mass is 10.00. The molecule has 4 N–H and O–H groups in total. The number of aliphatic hydroxyl groups is 3. The molecule has 0 bridgehead atoms. The van der Waals surface area contributed by atoms with Gasteiger partial charge in [0, 0.05) is 12.8 Å². The van der Waals surface area contributed by atoms with Crippen molar-refractivity contribution < 1.29 is 56.8 Å². The number of ether oxygens (including phenoxy) is 4. The van der Waals surface area contributed by atoms with Crippen molar-refractivity contribution in [1.82, 2.24) is 0 Å². The molecule has 0 radical (unpaired) electrons. The van der Waals surface area contributed by atoms with Crippen LogP contribution in [0.15, 0.2) is 12.2 Å². The van der Waals surface area contributed by atoms with E-state index in [-0.39, 0.29) is 19.4 Å². The van der Waals surface area contributed by atoms with Crippen LogP contribution in [-0.2, 0) is 38.7 Å². The Labute approximate surface area is 346 Å². The molecule has 0 aliphatic carbocycles. The SMILES string of the molecule is CCCCCCCC/C=C/CCCCCCCCCCCC(=O)OC[C@H](CO[C@H]1O[C@H](CS(=O)(=O)O)[C@@H](O)C(O)C1O)OC(=O)CCCCCCCCCCCC. The average molecular weight is 835 g/mol. The number of unbranched alkanes of at least 4 members (excludes halogenated alkanes) is 24. The molecule has 1 aliphatic heterocycles. The van der Waals surface area contributed by atoms with Gasteiger partial charge in [-0.25, -0.2) is 0 Å². The van der Waals surface area contributed by atoms with Crippen LogP contribution in [0.5, 0.6) is 0 Å². The van der Waals surface area contributed by atoms with Crippen LogP contribution in [0, 0.1) is 0 Å². The Balaban J connectivity index is 2.38. The molecule has 0 amide bonds. The second-order valence-corrected chi connectivity index (χ2v) is 17.6. The fraction of sp³-hybridized carbons (Fsp3) is 0.909. The zero-order valence-corrected chi connectivity index (χ0v) is 36.5. The van der Waals surface area contributed by atoms with E-state index in [1.165, 1.54) is 122 Å². The molecule has 13 heteroatoms. The second-order valence-electron chi connectivity index (χ2n) is 16.1. The lowest BCUT2D eigenvalue weighted by molar-refractivity contribution is -0.297. The summed E-state index contributed by atoms with van der Waals surface area (Å²) < 4.78 is 54.0. The molecule has 0 aromatic carbocycles. The van der Waals surface area contributed by atoms with Gasteiger partial charge in [0.05, 0.1) is 6.61 Å². The summed E-state index contributed by atoms with van der Waals surface area (Å²) in [6, 6.07) is 0. The molecule has 1 heterocycles. The van der Waals surface area contributed by atoms with Crippen molar-refractivity contribution in [3.8, 4) is 0 Å². The van der Waals surface area contributed by atoms with Gasteiger partial charge in [-0.1, -0.05) is 161 Å². The highest BCUT2D eigenvalue weighted by Crippen LogP contribution is 2.24. The number of allylic oxidation sites excluding steroid dienone is 2. The lowest BCUT2D eigenvalue weighted by Gasteiger charge is -2.40. The summed E-state index contributed by atoms with van der Waals surface area (Å²) in [5.74, 6) is -1.98. The van der Waals surface area contributed by atoms with Crippen LogP contribution in [0.2, 0.25) is 0 Å². The van der Waals surface area contributed by atoms with Crippen molar-refractivity contribution in [2.24, 2.45) is 0 Å². The summed E-state index contributed by atoms with van der Waals surface area (Å²) in [5.41, 5.74) is 0. The van der Waals surface area contributed by atoms with Crippen LogP contribution in [0.1, 0.15) is 200 Å². The van der Waals surface area contributed by atoms with Crippen LogP contribution in [0.4, 0.5) is 0 Å². The number of rotatable bonds is 38. The lowest BCUT2D eigenvalue weighted by Crippen LogP contribution is -2.60. The smallest absolute Gasteiger partial charge is 0.306 e. The highest BCUT2D eigenvalue weighted by Gasteiger charge is 2.46. The monoisotopic (exact) mass is 835 g/mol. The zero-order valence-electron chi connectivity index (χ0n) is 35.7. The Bertz CT molecular complexity index is 1120. The van der Waals surface area contributed by atoms with E-state index in [1.807, 2.05) is 0 Å². The number of hydrogen-bond acceptors (Lipinski definition) is 11. The average Bonchev–Trinajstić information content (AvgIpc) is 3.17. The molecule has 0 aromatic heterocycles. The summed E-state index contributed by atoms with van der Waals surface area (Å²) in [6.45, 7) is 3.74. The first-order valence-electron chi connectivity index (χ1n) is 22.7. The van der Waals surface area contributed by atoms with E-state index < -0.39 is 71.2 Å². The van der Waals surface area contributed by atoms with E-state index in [1.54, 1.807) is 0 Å². The molecule has 336 valence electrons. The molecule has 1 saturated heterocycles. The first-order valence-corrected chi connectivity index (χ1v) is 24.4. The Morgan fingerprint density at radius 2 is 1.00 bits per heavy atom. The van der Waals surface area contributed by atoms with Crippen molar-refractivity contribution in [2.75, 3.05) is 19.0 Å². The van der Waals surface area contributed by atoms with Crippen molar-refractivity contribution in [3.63, 3.8) is 0 Å². The third kappa shape index (κ3) is 30.1. The Morgan fingerprint density at radius 3 is 1.46 bits per heavy atom. The molecular weight excluding hydrogens is 753 g/mol. The van der Waals surface area contributed by atoms with Gasteiger partial charge in [-0.3, -0.25) is 14.1 Å². The van der Waals surface area contributed by atoms with E-state index in [9.17, 15) is 37.9 Å². The standard InChI is InChI=1S/C44H82O12S/c1-3-5-7-9-11-13-15-16-17-18-19-20-21-22-23-25-26-28-30-32-39(45)53-34-37(55-40(46)33-31-29-27-24-14-12-10-8-6-4-2)35-54-44-43(49)42(48)41(47)38(56-44)36-57(50,51)52/h16-17,37-38,41-44,47-49H,3-15,18-36H2,1-2H3,(H,50,51,52)/b17-16+/t37-,38-,41-,42?,43?,44+/m1/s1. The molecule has 0 aromatic rings. The van der Waals surface area contributed by atoms with E-state index in [4.69, 9.17) is 18.9 Å². The second kappa shape index (κ2) is 35.2. The van der Waals surface area contributed by atoms with Crippen molar-refractivity contribution in [1.29, 1.82) is 0 Å². The van der Waals surface area contributed by atoms with Crippen LogP contribution < -0.4 is 0 Å². The minimum atomic E-state index is -4.60. The first-order chi connectivity index (χ1) is 27.5. The number of esters is 2. The minimum absolute atomic E-state index is 0.168. The summed E-state index contributed by atoms with van der Waals surface area (Å²) >= 11 is 0. The number of carbonyl (C=O) groups excluding carboxylic acids is 2. The predicted octanol–water partition coefficient (Wildman–Crippen LogP) is 9.06. The number of aliphatic hydroxyl groups excluding tert-OH is 3. The van der Waals surface area contributed by atoms with E-state index in [0.717, 1.165) is 38.5 Å². The largest absolute Gasteiger partial charge is 0.462 e. The van der Waals surface area contributed by atoms with Crippen LogP contribution in [0.25, 0.3) is 0 Å². The third-order valence-electron chi connectivity index (χ3n) is 10.6. The maximum atomic E-state index is 12.7. The summed E-state index contributed by atoms with van der Waals surface area (Å²) in [4.78, 5) is 25.3. The van der Waals surface area contributed by atoms with Gasteiger partial charge in [-0.15, -0.1) is 0 Å². The maximum absolute atomic E-state index is 12.7. The van der Waals surface area contributed by atoms with Gasteiger partial charge >= 0.3 is 11.9 Å². The predicted molar refractivity (Wildman–Crippen MR) is 224 cm³/mol. The minimum Gasteiger partial charge on any atom is -0.462 e. The molecule has 6 atom stereocenters. The fourth-order valence-corrected chi connectivity index (χ4v) is 7.72. The summed E-state index contributed by atoms with van der Waals surface area (Å²) in [6.07, 6.45) is 27.0. The highest BCUT2D eigenvalue weighted by molar-refractivity contribution is 7.85. The van der Waals surface area contributed by atoms with Crippen LogP contribution in [0.3, 0.4) is 0 Å². The third-order valence-corrected chi connectivity index (χ3v) is 11.3. The Kier molecular flexibility index (Phi) is 33.0. The molecule has 0 saturated carbocycles.